The van der Waals surface area contributed by atoms with E-state index in [2.05, 4.69) is 9.97 Å². The number of fused-ring (bicyclic) bond motifs is 2. The van der Waals surface area contributed by atoms with Crippen LogP contribution in [-0.2, 0) is 32.8 Å². The van der Waals surface area contributed by atoms with Crippen LogP contribution < -0.4 is 9.47 Å². The molecule has 43 heavy (non-hydrogen) atoms. The number of carbonyl (C=O) groups is 1. The van der Waals surface area contributed by atoms with Crippen LogP contribution in [0.2, 0.25) is 5.02 Å². The Morgan fingerprint density at radius 3 is 2.60 bits per heavy atom. The number of pyridine rings is 1. The first kappa shape index (κ1) is 30.5. The lowest BCUT2D eigenvalue weighted by Crippen LogP contribution is -2.35. The Kier molecular flexibility index (Phi) is 8.50. The molecule has 0 radical (unpaired) electrons. The van der Waals surface area contributed by atoms with Crippen molar-refractivity contribution >= 4 is 28.6 Å². The van der Waals surface area contributed by atoms with Gasteiger partial charge in [-0.15, -0.1) is 0 Å². The van der Waals surface area contributed by atoms with Gasteiger partial charge in [-0.2, -0.15) is 13.2 Å². The molecule has 14 heteroatoms. The highest BCUT2D eigenvalue weighted by atomic mass is 35.5. The van der Waals surface area contributed by atoms with Crippen molar-refractivity contribution in [3.63, 3.8) is 0 Å². The highest BCUT2D eigenvalue weighted by Gasteiger charge is 2.38. The fourth-order valence-electron chi connectivity index (χ4n) is 5.07. The van der Waals surface area contributed by atoms with E-state index >= 15 is 0 Å². The van der Waals surface area contributed by atoms with Crippen molar-refractivity contribution in [3.8, 4) is 11.6 Å². The Hall–Kier alpha value is -3.94. The molecule has 0 spiro atoms. The van der Waals surface area contributed by atoms with E-state index < -0.39 is 42.1 Å². The predicted molar refractivity (Wildman–Crippen MR) is 148 cm³/mol. The Labute approximate surface area is 248 Å². The van der Waals surface area contributed by atoms with Crippen LogP contribution in [0.3, 0.4) is 0 Å². The molecule has 2 N–H and O–H groups in total. The lowest BCUT2D eigenvalue weighted by molar-refractivity contribution is -0.139. The summed E-state index contributed by atoms with van der Waals surface area (Å²) in [7, 11) is 1.73. The number of carboxylic acid groups (broad SMARTS) is 1. The number of nitrogens with zero attached hydrogens (tertiary/aromatic N) is 4. The summed E-state index contributed by atoms with van der Waals surface area (Å²) in [6.07, 6.45) is -4.46. The van der Waals surface area contributed by atoms with E-state index in [0.717, 1.165) is 12.1 Å². The Morgan fingerprint density at radius 2 is 1.93 bits per heavy atom. The molecule has 5 rings (SSSR count). The molecular weight excluding hydrogens is 596 g/mol. The van der Waals surface area contributed by atoms with Gasteiger partial charge in [0.15, 0.2) is 0 Å². The molecule has 1 aliphatic heterocycles. The van der Waals surface area contributed by atoms with E-state index in [9.17, 15) is 32.6 Å². The minimum Gasteiger partial charge on any atom is -0.489 e. The molecule has 0 bridgehead atoms. The number of aromatic carboxylic acids is 1. The van der Waals surface area contributed by atoms with Crippen LogP contribution in [0, 0.1) is 5.82 Å². The van der Waals surface area contributed by atoms with Gasteiger partial charge in [0.2, 0.25) is 5.88 Å². The van der Waals surface area contributed by atoms with Gasteiger partial charge in [0.25, 0.3) is 0 Å². The van der Waals surface area contributed by atoms with Gasteiger partial charge >= 0.3 is 12.1 Å². The van der Waals surface area contributed by atoms with Gasteiger partial charge in [-0.05, 0) is 49.2 Å². The van der Waals surface area contributed by atoms with Crippen LogP contribution in [0.5, 0.6) is 11.6 Å². The largest absolute Gasteiger partial charge is 0.489 e. The van der Waals surface area contributed by atoms with Crippen LogP contribution in [-0.4, -0.2) is 55.4 Å². The van der Waals surface area contributed by atoms with Crippen molar-refractivity contribution in [2.24, 2.45) is 7.05 Å². The number of carboxylic acids is 1. The summed E-state index contributed by atoms with van der Waals surface area (Å²) in [6.45, 7) is 1.68. The summed E-state index contributed by atoms with van der Waals surface area (Å²) in [6, 6.07) is 7.22. The lowest BCUT2D eigenvalue weighted by atomic mass is 9.97. The Balaban J connectivity index is 1.45. The average Bonchev–Trinajstić information content (AvgIpc) is 3.26. The zero-order valence-corrected chi connectivity index (χ0v) is 23.8. The number of rotatable bonds is 9. The summed E-state index contributed by atoms with van der Waals surface area (Å²) < 4.78 is 68.9. The summed E-state index contributed by atoms with van der Waals surface area (Å²) in [5.41, 5.74) is 0.723. The molecule has 0 amide bonds. The van der Waals surface area contributed by atoms with Gasteiger partial charge < -0.3 is 24.3 Å². The summed E-state index contributed by atoms with van der Waals surface area (Å²) in [4.78, 5) is 22.6. The van der Waals surface area contributed by atoms with Gasteiger partial charge in [-0.25, -0.2) is 19.2 Å². The number of ether oxygens (including phenoxy) is 2. The number of imidazole rings is 1. The summed E-state index contributed by atoms with van der Waals surface area (Å²) in [5.74, 6) is -1.74. The van der Waals surface area contributed by atoms with Gasteiger partial charge in [0.1, 0.15) is 41.7 Å². The van der Waals surface area contributed by atoms with Crippen LogP contribution >= 0.6 is 11.6 Å². The molecule has 0 aliphatic carbocycles. The highest BCUT2D eigenvalue weighted by Crippen LogP contribution is 2.40. The van der Waals surface area contributed by atoms with Gasteiger partial charge in [-0.1, -0.05) is 17.7 Å². The fourth-order valence-corrected chi connectivity index (χ4v) is 5.23. The first-order chi connectivity index (χ1) is 20.4. The number of aryl methyl sites for hydroxylation is 1. The second-order valence-corrected chi connectivity index (χ2v) is 10.5. The number of aliphatic hydroxyl groups is 1. The quantitative estimate of drug-likeness (QED) is 0.234. The van der Waals surface area contributed by atoms with E-state index in [4.69, 9.17) is 21.1 Å². The molecule has 3 heterocycles. The topological polar surface area (TPSA) is 110 Å². The van der Waals surface area contributed by atoms with Crippen LogP contribution in [0.4, 0.5) is 17.6 Å². The molecule has 0 saturated carbocycles. The standard InChI is InChI=1S/C29H27ClF4N4O5/c1-15-25-16(9-20(29(32,33)34)27(36-25)43-14-17-3-4-19(30)12-21(17)31)5-6-38(15)13-24-35-26-22(37(24)2)10-18(28(40)41)11-23(26)42-8-7-39/h3-4,9-12,15,39H,5-8,13-14H2,1-2H3,(H,40,41)/t15-/m0/s1. The highest BCUT2D eigenvalue weighted by molar-refractivity contribution is 6.30. The molecule has 0 unspecified atom stereocenters. The molecule has 1 atom stereocenters. The van der Waals surface area contributed by atoms with Crippen molar-refractivity contribution in [2.45, 2.75) is 38.7 Å². The third kappa shape index (κ3) is 6.24. The number of halogens is 5. The summed E-state index contributed by atoms with van der Waals surface area (Å²) in [5, 5.41) is 18.9. The molecule has 4 aromatic rings. The monoisotopic (exact) mass is 622 g/mol. The minimum absolute atomic E-state index is 0.00839. The summed E-state index contributed by atoms with van der Waals surface area (Å²) >= 11 is 5.77. The van der Waals surface area contributed by atoms with Crippen molar-refractivity contribution in [2.75, 3.05) is 19.8 Å². The second kappa shape index (κ2) is 12.0. The first-order valence-electron chi connectivity index (χ1n) is 13.3. The fraction of sp³-hybridized carbons (Fsp3) is 0.345. The molecule has 2 aromatic carbocycles. The maximum Gasteiger partial charge on any atom is 0.421 e. The molecule has 228 valence electrons. The van der Waals surface area contributed by atoms with Crippen molar-refractivity contribution in [1.29, 1.82) is 0 Å². The average molecular weight is 623 g/mol. The minimum atomic E-state index is -4.74. The molecular formula is C29H27ClF4N4O5. The maximum atomic E-state index is 14.3. The zero-order chi connectivity index (χ0) is 31.1. The van der Waals surface area contributed by atoms with Gasteiger partial charge in [-0.3, -0.25) is 4.90 Å². The SMILES string of the molecule is C[C@H]1c2nc(OCc3ccc(Cl)cc3F)c(C(F)(F)F)cc2CCN1Cc1nc2c(OCCO)cc(C(=O)O)cc2n1C. The van der Waals surface area contributed by atoms with Crippen LogP contribution in [0.25, 0.3) is 11.0 Å². The van der Waals surface area contributed by atoms with E-state index in [-0.39, 0.29) is 48.1 Å². The number of alkyl halides is 3. The smallest absolute Gasteiger partial charge is 0.421 e. The molecule has 9 nitrogen and oxygen atoms in total. The predicted octanol–water partition coefficient (Wildman–Crippen LogP) is 5.55. The van der Waals surface area contributed by atoms with Crippen molar-refractivity contribution < 1.29 is 42.0 Å². The number of benzene rings is 2. The third-order valence-corrected chi connectivity index (χ3v) is 7.62. The lowest BCUT2D eigenvalue weighted by Gasteiger charge is -2.34. The number of hydrogen-bond donors (Lipinski definition) is 2. The van der Waals surface area contributed by atoms with E-state index in [1.54, 1.807) is 11.6 Å². The Bertz CT molecular complexity index is 1690. The molecule has 2 aromatic heterocycles. The molecule has 1 aliphatic rings. The molecule has 0 fully saturated rings. The van der Waals surface area contributed by atoms with E-state index in [1.165, 1.54) is 24.3 Å². The van der Waals surface area contributed by atoms with E-state index in [0.29, 0.717) is 34.7 Å². The van der Waals surface area contributed by atoms with Crippen molar-refractivity contribution in [1.82, 2.24) is 19.4 Å². The van der Waals surface area contributed by atoms with E-state index in [1.807, 2.05) is 11.8 Å². The third-order valence-electron chi connectivity index (χ3n) is 7.38. The number of hydrogen-bond acceptors (Lipinski definition) is 7. The van der Waals surface area contributed by atoms with Crippen LogP contribution in [0.15, 0.2) is 36.4 Å². The zero-order valence-electron chi connectivity index (χ0n) is 23.1. The normalized spacial score (nSPS) is 15.5. The number of aromatic nitrogens is 3. The van der Waals surface area contributed by atoms with Gasteiger partial charge in [0.05, 0.1) is 36.0 Å². The maximum absolute atomic E-state index is 14.3. The first-order valence-corrected chi connectivity index (χ1v) is 13.6. The van der Waals surface area contributed by atoms with Crippen LogP contribution in [0.1, 0.15) is 51.5 Å². The van der Waals surface area contributed by atoms with Crippen molar-refractivity contribution in [3.05, 3.63) is 81.0 Å². The number of aliphatic hydroxyl groups excluding tert-OH is 1. The van der Waals surface area contributed by atoms with Gasteiger partial charge in [0, 0.05) is 24.2 Å². The second-order valence-electron chi connectivity index (χ2n) is 10.1. The Morgan fingerprint density at radius 1 is 1.16 bits per heavy atom. The molecule has 0 saturated heterocycles.